The molecule has 0 radical (unpaired) electrons. The summed E-state index contributed by atoms with van der Waals surface area (Å²) >= 11 is 0. The van der Waals surface area contributed by atoms with Gasteiger partial charge in [0.2, 0.25) is 0 Å². The van der Waals surface area contributed by atoms with E-state index in [0.29, 0.717) is 17.4 Å². The summed E-state index contributed by atoms with van der Waals surface area (Å²) in [7, 11) is -2.66. The summed E-state index contributed by atoms with van der Waals surface area (Å²) in [6, 6.07) is 0. The quantitative estimate of drug-likeness (QED) is 0.747. The Kier molecular flexibility index (Phi) is 3.39. The smallest absolute Gasteiger partial charge is 0.150 e. The van der Waals surface area contributed by atoms with Crippen molar-refractivity contribution in [2.75, 3.05) is 11.5 Å². The van der Waals surface area contributed by atoms with Crippen LogP contribution in [0.1, 0.15) is 45.4 Å². The van der Waals surface area contributed by atoms with Gasteiger partial charge in [-0.05, 0) is 30.6 Å². The molecule has 0 spiro atoms. The van der Waals surface area contributed by atoms with Gasteiger partial charge in [-0.1, -0.05) is 32.6 Å². The molecule has 3 heteroatoms. The van der Waals surface area contributed by atoms with Gasteiger partial charge >= 0.3 is 0 Å². The van der Waals surface area contributed by atoms with E-state index in [1.165, 1.54) is 25.7 Å². The second kappa shape index (κ2) is 4.44. The Hall–Kier alpha value is -0.0500. The van der Waals surface area contributed by atoms with E-state index in [9.17, 15) is 8.42 Å². The molecule has 1 saturated carbocycles. The molecule has 0 N–H and O–H groups in total. The molecule has 0 aromatic carbocycles. The summed E-state index contributed by atoms with van der Waals surface area (Å²) in [6.07, 6.45) is 7.58. The lowest BCUT2D eigenvalue weighted by atomic mass is 9.84. The van der Waals surface area contributed by atoms with E-state index < -0.39 is 9.84 Å². The topological polar surface area (TPSA) is 34.1 Å². The summed E-state index contributed by atoms with van der Waals surface area (Å²) in [4.78, 5) is 0. The van der Waals surface area contributed by atoms with Crippen molar-refractivity contribution in [2.45, 2.75) is 45.4 Å². The monoisotopic (exact) mass is 230 g/mol. The van der Waals surface area contributed by atoms with Crippen molar-refractivity contribution >= 4 is 9.84 Å². The van der Waals surface area contributed by atoms with E-state index in [0.717, 1.165) is 24.7 Å². The average Bonchev–Trinajstić information content (AvgIpc) is 2.74. The average molecular weight is 230 g/mol. The molecule has 2 rings (SSSR count). The predicted molar refractivity (Wildman–Crippen MR) is 62.5 cm³/mol. The molecule has 2 aliphatic rings. The van der Waals surface area contributed by atoms with Crippen LogP contribution in [0.5, 0.6) is 0 Å². The van der Waals surface area contributed by atoms with E-state index in [-0.39, 0.29) is 0 Å². The Morgan fingerprint density at radius 3 is 2.40 bits per heavy atom. The minimum absolute atomic E-state index is 0.440. The molecule has 2 fully saturated rings. The van der Waals surface area contributed by atoms with E-state index in [2.05, 4.69) is 6.92 Å². The van der Waals surface area contributed by atoms with Crippen molar-refractivity contribution in [3.05, 3.63) is 0 Å². The molecule has 1 aliphatic heterocycles. The predicted octanol–water partition coefficient (Wildman–Crippen LogP) is 2.64. The van der Waals surface area contributed by atoms with Gasteiger partial charge in [0.05, 0.1) is 11.5 Å². The number of sulfone groups is 1. The largest absolute Gasteiger partial charge is 0.229 e. The van der Waals surface area contributed by atoms with Gasteiger partial charge in [-0.3, -0.25) is 0 Å². The van der Waals surface area contributed by atoms with Crippen molar-refractivity contribution in [1.29, 1.82) is 0 Å². The molecular weight excluding hydrogens is 208 g/mol. The van der Waals surface area contributed by atoms with Crippen LogP contribution in [0.2, 0.25) is 0 Å². The van der Waals surface area contributed by atoms with Gasteiger partial charge in [-0.2, -0.15) is 0 Å². The fraction of sp³-hybridized carbons (Fsp3) is 1.00. The van der Waals surface area contributed by atoms with Gasteiger partial charge in [0, 0.05) is 0 Å². The van der Waals surface area contributed by atoms with Gasteiger partial charge in [0.1, 0.15) is 0 Å². The summed E-state index contributed by atoms with van der Waals surface area (Å²) in [5.74, 6) is 2.99. The Labute approximate surface area is 93.4 Å². The van der Waals surface area contributed by atoms with Crippen LogP contribution in [-0.4, -0.2) is 19.9 Å². The van der Waals surface area contributed by atoms with Crippen LogP contribution < -0.4 is 0 Å². The van der Waals surface area contributed by atoms with Crippen molar-refractivity contribution in [2.24, 2.45) is 17.8 Å². The molecule has 1 saturated heterocycles. The third-order valence-corrected chi connectivity index (χ3v) is 6.07. The van der Waals surface area contributed by atoms with Gasteiger partial charge < -0.3 is 0 Å². The minimum atomic E-state index is -2.66. The van der Waals surface area contributed by atoms with Gasteiger partial charge in [0.25, 0.3) is 0 Å². The van der Waals surface area contributed by atoms with Crippen LogP contribution in [0.4, 0.5) is 0 Å². The first kappa shape index (κ1) is 11.4. The van der Waals surface area contributed by atoms with Crippen LogP contribution in [0.15, 0.2) is 0 Å². The fourth-order valence-corrected chi connectivity index (χ4v) is 5.18. The maximum Gasteiger partial charge on any atom is 0.150 e. The van der Waals surface area contributed by atoms with E-state index in [1.807, 2.05) is 0 Å². The third-order valence-electron chi connectivity index (χ3n) is 4.24. The molecule has 0 aromatic heterocycles. The fourth-order valence-electron chi connectivity index (χ4n) is 3.30. The van der Waals surface area contributed by atoms with Crippen LogP contribution in [0, 0.1) is 17.8 Å². The zero-order valence-electron chi connectivity index (χ0n) is 9.61. The third kappa shape index (κ3) is 2.96. The lowest BCUT2D eigenvalue weighted by molar-refractivity contribution is 0.302. The lowest BCUT2D eigenvalue weighted by Crippen LogP contribution is -2.14. The maximum atomic E-state index is 11.3. The van der Waals surface area contributed by atoms with E-state index in [1.54, 1.807) is 0 Å². The molecular formula is C12H22O2S. The molecule has 1 aliphatic carbocycles. The summed E-state index contributed by atoms with van der Waals surface area (Å²) < 4.78 is 22.7. The van der Waals surface area contributed by atoms with E-state index >= 15 is 0 Å². The van der Waals surface area contributed by atoms with Gasteiger partial charge in [-0.25, -0.2) is 8.42 Å². The Balaban J connectivity index is 1.82. The first-order chi connectivity index (χ1) is 7.07. The standard InChI is InChI=1S/C12H22O2S/c1-10(12-4-2-3-5-12)8-11-6-7-15(13,14)9-11/h10-12H,2-9H2,1H3. The van der Waals surface area contributed by atoms with Crippen LogP contribution >= 0.6 is 0 Å². The second-order valence-corrected chi connectivity index (χ2v) is 7.76. The Morgan fingerprint density at radius 2 is 1.87 bits per heavy atom. The molecule has 2 atom stereocenters. The molecule has 0 aromatic rings. The molecule has 15 heavy (non-hydrogen) atoms. The first-order valence-corrected chi connectivity index (χ1v) is 8.09. The highest BCUT2D eigenvalue weighted by Gasteiger charge is 2.31. The van der Waals surface area contributed by atoms with Crippen molar-refractivity contribution in [1.82, 2.24) is 0 Å². The highest BCUT2D eigenvalue weighted by molar-refractivity contribution is 7.91. The zero-order chi connectivity index (χ0) is 10.9. The molecule has 0 amide bonds. The maximum absolute atomic E-state index is 11.3. The molecule has 2 unspecified atom stereocenters. The van der Waals surface area contributed by atoms with Crippen LogP contribution in [0.25, 0.3) is 0 Å². The number of hydrogen-bond donors (Lipinski definition) is 0. The summed E-state index contributed by atoms with van der Waals surface area (Å²) in [5, 5.41) is 0. The van der Waals surface area contributed by atoms with Gasteiger partial charge in [-0.15, -0.1) is 0 Å². The Morgan fingerprint density at radius 1 is 1.20 bits per heavy atom. The number of rotatable bonds is 3. The molecule has 0 bridgehead atoms. The number of hydrogen-bond acceptors (Lipinski definition) is 2. The Bertz CT molecular complexity index is 302. The van der Waals surface area contributed by atoms with Crippen LogP contribution in [0.3, 0.4) is 0 Å². The summed E-state index contributed by atoms with van der Waals surface area (Å²) in [6.45, 7) is 2.32. The molecule has 88 valence electrons. The van der Waals surface area contributed by atoms with Crippen LogP contribution in [-0.2, 0) is 9.84 Å². The first-order valence-electron chi connectivity index (χ1n) is 6.27. The second-order valence-electron chi connectivity index (χ2n) is 5.53. The van der Waals surface area contributed by atoms with Crippen molar-refractivity contribution in [3.63, 3.8) is 0 Å². The lowest BCUT2D eigenvalue weighted by Gasteiger charge is -2.21. The highest BCUT2D eigenvalue weighted by Crippen LogP contribution is 2.36. The van der Waals surface area contributed by atoms with E-state index in [4.69, 9.17) is 0 Å². The molecule has 1 heterocycles. The van der Waals surface area contributed by atoms with Gasteiger partial charge in [0.15, 0.2) is 9.84 Å². The zero-order valence-corrected chi connectivity index (χ0v) is 10.4. The van der Waals surface area contributed by atoms with Crippen molar-refractivity contribution < 1.29 is 8.42 Å². The highest BCUT2D eigenvalue weighted by atomic mass is 32.2. The molecule has 2 nitrogen and oxygen atoms in total. The van der Waals surface area contributed by atoms with Crippen molar-refractivity contribution in [3.8, 4) is 0 Å². The SMILES string of the molecule is CC(CC1CCS(=O)(=O)C1)C1CCCC1. The normalized spacial score (nSPS) is 33.3. The summed E-state index contributed by atoms with van der Waals surface area (Å²) in [5.41, 5.74) is 0. The minimum Gasteiger partial charge on any atom is -0.229 e.